The van der Waals surface area contributed by atoms with Crippen LogP contribution in [0.1, 0.15) is 23.2 Å². The first-order valence-corrected chi connectivity index (χ1v) is 6.08. The maximum atomic E-state index is 11.8. The monoisotopic (exact) mass is 242 g/mol. The number of pyridine rings is 1. The van der Waals surface area contributed by atoms with E-state index < -0.39 is 0 Å². The lowest BCUT2D eigenvalue weighted by Crippen LogP contribution is -2.17. The predicted octanol–water partition coefficient (Wildman–Crippen LogP) is 1.27. The summed E-state index contributed by atoms with van der Waals surface area (Å²) in [6.07, 6.45) is 6.27. The average molecular weight is 242 g/mol. The van der Waals surface area contributed by atoms with Crippen LogP contribution in [0.3, 0.4) is 0 Å². The molecule has 0 aromatic carbocycles. The van der Waals surface area contributed by atoms with Crippen molar-refractivity contribution < 1.29 is 0 Å². The summed E-state index contributed by atoms with van der Waals surface area (Å²) in [5.41, 5.74) is 2.89. The minimum absolute atomic E-state index is 0.00488. The fourth-order valence-electron chi connectivity index (χ4n) is 2.21. The number of hydrogen-bond donors (Lipinski definition) is 2. The third-order valence-corrected chi connectivity index (χ3v) is 3.15. The van der Waals surface area contributed by atoms with E-state index in [1.54, 1.807) is 12.4 Å². The zero-order valence-corrected chi connectivity index (χ0v) is 9.94. The molecule has 0 fully saturated rings. The number of aryl methyl sites for hydroxylation is 1. The topological polar surface area (TPSA) is 70.7 Å². The summed E-state index contributed by atoms with van der Waals surface area (Å²) in [6, 6.07) is 3.86. The van der Waals surface area contributed by atoms with E-state index >= 15 is 0 Å². The van der Waals surface area contributed by atoms with Crippen LogP contribution in [0.25, 0.3) is 0 Å². The molecule has 1 aliphatic carbocycles. The van der Waals surface area contributed by atoms with Crippen LogP contribution in [-0.2, 0) is 19.4 Å². The summed E-state index contributed by atoms with van der Waals surface area (Å²) in [5, 5.41) is 3.14. The lowest BCUT2D eigenvalue weighted by molar-refractivity contribution is 0.898. The van der Waals surface area contributed by atoms with Crippen molar-refractivity contribution in [1.29, 1.82) is 0 Å². The van der Waals surface area contributed by atoms with Crippen LogP contribution in [0.15, 0.2) is 29.3 Å². The van der Waals surface area contributed by atoms with Gasteiger partial charge in [-0.05, 0) is 37.0 Å². The van der Waals surface area contributed by atoms with Gasteiger partial charge in [0.1, 0.15) is 0 Å². The van der Waals surface area contributed by atoms with Crippen LogP contribution in [0, 0.1) is 0 Å². The summed E-state index contributed by atoms with van der Waals surface area (Å²) in [7, 11) is 0. The third kappa shape index (κ3) is 2.11. The molecule has 2 heterocycles. The summed E-state index contributed by atoms with van der Waals surface area (Å²) in [5.74, 6) is 0.553. The smallest absolute Gasteiger partial charge is 0.255 e. The molecular weight excluding hydrogens is 228 g/mol. The summed E-state index contributed by atoms with van der Waals surface area (Å²) < 4.78 is 0. The highest BCUT2D eigenvalue weighted by Gasteiger charge is 2.16. The molecule has 0 bridgehead atoms. The number of anilines is 1. The van der Waals surface area contributed by atoms with Crippen LogP contribution >= 0.6 is 0 Å². The van der Waals surface area contributed by atoms with Gasteiger partial charge in [-0.1, -0.05) is 0 Å². The van der Waals surface area contributed by atoms with E-state index in [2.05, 4.69) is 20.3 Å². The molecule has 2 aromatic rings. The van der Waals surface area contributed by atoms with Crippen molar-refractivity contribution in [1.82, 2.24) is 15.0 Å². The summed E-state index contributed by atoms with van der Waals surface area (Å²) in [6.45, 7) is 0.629. The Morgan fingerprint density at radius 1 is 1.28 bits per heavy atom. The van der Waals surface area contributed by atoms with E-state index in [-0.39, 0.29) is 5.56 Å². The van der Waals surface area contributed by atoms with Crippen LogP contribution in [0.4, 0.5) is 5.95 Å². The van der Waals surface area contributed by atoms with Crippen LogP contribution < -0.4 is 10.9 Å². The molecule has 3 rings (SSSR count). The Balaban J connectivity index is 1.78. The van der Waals surface area contributed by atoms with Crippen molar-refractivity contribution in [3.05, 3.63) is 51.7 Å². The Morgan fingerprint density at radius 3 is 2.94 bits per heavy atom. The number of nitrogens with zero attached hydrogens (tertiary/aromatic N) is 2. The number of hydrogen-bond acceptors (Lipinski definition) is 4. The Bertz CT molecular complexity index is 606. The largest absolute Gasteiger partial charge is 0.352 e. The molecule has 0 saturated carbocycles. The molecule has 5 heteroatoms. The van der Waals surface area contributed by atoms with Crippen LogP contribution in [-0.4, -0.2) is 15.0 Å². The van der Waals surface area contributed by atoms with E-state index in [9.17, 15) is 4.79 Å². The van der Waals surface area contributed by atoms with E-state index in [1.807, 2.05) is 12.1 Å². The Kier molecular flexibility index (Phi) is 2.80. The summed E-state index contributed by atoms with van der Waals surface area (Å²) >= 11 is 0. The molecule has 92 valence electrons. The van der Waals surface area contributed by atoms with Gasteiger partial charge in [0.05, 0.1) is 5.69 Å². The molecule has 2 aromatic heterocycles. The average Bonchev–Trinajstić information content (AvgIpc) is 2.86. The van der Waals surface area contributed by atoms with Gasteiger partial charge in [-0.25, -0.2) is 4.98 Å². The van der Waals surface area contributed by atoms with E-state index in [0.29, 0.717) is 12.5 Å². The first-order valence-electron chi connectivity index (χ1n) is 6.08. The molecule has 0 atom stereocenters. The number of aromatic amines is 1. The third-order valence-electron chi connectivity index (χ3n) is 3.15. The summed E-state index contributed by atoms with van der Waals surface area (Å²) in [4.78, 5) is 23.0. The van der Waals surface area contributed by atoms with E-state index in [0.717, 1.165) is 36.1 Å². The first-order chi connectivity index (χ1) is 8.83. The minimum Gasteiger partial charge on any atom is -0.352 e. The van der Waals surface area contributed by atoms with Gasteiger partial charge >= 0.3 is 0 Å². The van der Waals surface area contributed by atoms with Crippen molar-refractivity contribution in [2.24, 2.45) is 0 Å². The van der Waals surface area contributed by atoms with Gasteiger partial charge < -0.3 is 5.32 Å². The molecular formula is C13H14N4O. The fraction of sp³-hybridized carbons (Fsp3) is 0.308. The maximum Gasteiger partial charge on any atom is 0.255 e. The second-order valence-electron chi connectivity index (χ2n) is 4.40. The fourth-order valence-corrected chi connectivity index (χ4v) is 2.21. The van der Waals surface area contributed by atoms with Gasteiger partial charge in [-0.15, -0.1) is 0 Å². The lowest BCUT2D eigenvalue weighted by atomic mass is 10.2. The highest BCUT2D eigenvalue weighted by molar-refractivity contribution is 5.33. The molecule has 2 N–H and O–H groups in total. The van der Waals surface area contributed by atoms with Gasteiger partial charge in [0.2, 0.25) is 5.95 Å². The Morgan fingerprint density at radius 2 is 2.11 bits per heavy atom. The quantitative estimate of drug-likeness (QED) is 0.850. The predicted molar refractivity (Wildman–Crippen MR) is 68.4 cm³/mol. The standard InChI is InChI=1S/C13H14N4O/c18-12-10-2-1-3-11(10)16-13(17-12)15-8-9-4-6-14-7-5-9/h4-7H,1-3,8H2,(H2,15,16,17,18). The second kappa shape index (κ2) is 4.60. The molecule has 0 saturated heterocycles. The van der Waals surface area contributed by atoms with Gasteiger partial charge in [0.25, 0.3) is 5.56 Å². The second-order valence-corrected chi connectivity index (χ2v) is 4.40. The minimum atomic E-state index is -0.00488. The van der Waals surface area contributed by atoms with E-state index in [1.165, 1.54) is 0 Å². The SMILES string of the molecule is O=c1[nH]c(NCc2ccncc2)nc2c1CCC2. The van der Waals surface area contributed by atoms with Crippen LogP contribution in [0.2, 0.25) is 0 Å². The van der Waals surface area contributed by atoms with Crippen LogP contribution in [0.5, 0.6) is 0 Å². The van der Waals surface area contributed by atoms with Crippen molar-refractivity contribution in [2.75, 3.05) is 5.32 Å². The van der Waals surface area contributed by atoms with Gasteiger partial charge in [-0.2, -0.15) is 0 Å². The highest BCUT2D eigenvalue weighted by atomic mass is 16.1. The van der Waals surface area contributed by atoms with Gasteiger partial charge in [-0.3, -0.25) is 14.8 Å². The maximum absolute atomic E-state index is 11.8. The number of nitrogens with one attached hydrogen (secondary N) is 2. The molecule has 18 heavy (non-hydrogen) atoms. The number of rotatable bonds is 3. The zero-order valence-electron chi connectivity index (χ0n) is 9.94. The lowest BCUT2D eigenvalue weighted by Gasteiger charge is -2.06. The van der Waals surface area contributed by atoms with E-state index in [4.69, 9.17) is 0 Å². The molecule has 0 spiro atoms. The number of H-pyrrole nitrogens is 1. The van der Waals surface area contributed by atoms with Crippen molar-refractivity contribution in [2.45, 2.75) is 25.8 Å². The first kappa shape index (κ1) is 11.0. The van der Waals surface area contributed by atoms with Crippen molar-refractivity contribution in [3.63, 3.8) is 0 Å². The van der Waals surface area contributed by atoms with Gasteiger partial charge in [0.15, 0.2) is 0 Å². The normalized spacial score (nSPS) is 13.3. The van der Waals surface area contributed by atoms with Crippen molar-refractivity contribution in [3.8, 4) is 0 Å². The molecule has 0 unspecified atom stereocenters. The molecule has 0 radical (unpaired) electrons. The molecule has 0 aliphatic heterocycles. The van der Waals surface area contributed by atoms with Gasteiger partial charge in [0, 0.05) is 24.5 Å². The van der Waals surface area contributed by atoms with Crippen molar-refractivity contribution >= 4 is 5.95 Å². The molecule has 5 nitrogen and oxygen atoms in total. The Labute approximate surface area is 104 Å². The zero-order chi connectivity index (χ0) is 12.4. The molecule has 0 amide bonds. The Hall–Kier alpha value is -2.17. The number of aromatic nitrogens is 3. The highest BCUT2D eigenvalue weighted by Crippen LogP contribution is 2.16. The number of fused-ring (bicyclic) bond motifs is 1. The molecule has 1 aliphatic rings.